The van der Waals surface area contributed by atoms with Gasteiger partial charge >= 0.3 is 5.97 Å². The van der Waals surface area contributed by atoms with Crippen molar-refractivity contribution in [2.75, 3.05) is 20.2 Å². The first kappa shape index (κ1) is 22.6. The van der Waals surface area contributed by atoms with Crippen molar-refractivity contribution < 1.29 is 22.7 Å². The van der Waals surface area contributed by atoms with Gasteiger partial charge in [-0.2, -0.15) is 0 Å². The molecule has 7 nitrogen and oxygen atoms in total. The lowest BCUT2D eigenvalue weighted by Gasteiger charge is -2.08. The van der Waals surface area contributed by atoms with E-state index in [1.165, 1.54) is 30.3 Å². The van der Waals surface area contributed by atoms with E-state index in [-0.39, 0.29) is 23.8 Å². The number of ether oxygens (including phenoxy) is 1. The van der Waals surface area contributed by atoms with Crippen molar-refractivity contribution in [1.29, 1.82) is 0 Å². The Morgan fingerprint density at radius 2 is 1.69 bits per heavy atom. The second-order valence-corrected chi connectivity index (χ2v) is 8.43. The van der Waals surface area contributed by atoms with Gasteiger partial charge in [-0.1, -0.05) is 36.4 Å². The van der Waals surface area contributed by atoms with Crippen LogP contribution in [0.2, 0.25) is 0 Å². The second-order valence-electron chi connectivity index (χ2n) is 6.54. The number of carbonyl (C=O) groups excluding carboxylic acids is 2. The number of nitrogens with one attached hydrogen (secondary N) is 2. The Morgan fingerprint density at radius 3 is 2.34 bits per heavy atom. The fourth-order valence-electron chi connectivity index (χ4n) is 2.70. The minimum atomic E-state index is -3.48. The number of benzene rings is 2. The van der Waals surface area contributed by atoms with Crippen molar-refractivity contribution in [2.45, 2.75) is 31.1 Å². The van der Waals surface area contributed by atoms with E-state index in [0.717, 1.165) is 5.56 Å². The van der Waals surface area contributed by atoms with Crippen LogP contribution in [0.3, 0.4) is 0 Å². The summed E-state index contributed by atoms with van der Waals surface area (Å²) in [5.74, 6) is -0.820. The van der Waals surface area contributed by atoms with Crippen LogP contribution in [0.25, 0.3) is 0 Å². The highest BCUT2D eigenvalue weighted by Crippen LogP contribution is 2.12. The van der Waals surface area contributed by atoms with E-state index in [9.17, 15) is 18.0 Å². The highest BCUT2D eigenvalue weighted by atomic mass is 32.2. The van der Waals surface area contributed by atoms with Gasteiger partial charge in [0.05, 0.1) is 4.90 Å². The number of aryl methyl sites for hydroxylation is 2. The monoisotopic (exact) mass is 418 g/mol. The minimum absolute atomic E-state index is 0.106. The molecule has 2 aromatic rings. The van der Waals surface area contributed by atoms with Gasteiger partial charge in [-0.3, -0.25) is 9.59 Å². The molecule has 8 heteroatoms. The van der Waals surface area contributed by atoms with Crippen molar-refractivity contribution in [1.82, 2.24) is 10.0 Å². The smallest absolute Gasteiger partial charge is 0.306 e. The molecule has 0 aliphatic carbocycles. The van der Waals surface area contributed by atoms with E-state index >= 15 is 0 Å². The van der Waals surface area contributed by atoms with Gasteiger partial charge in [0, 0.05) is 13.0 Å². The van der Waals surface area contributed by atoms with Crippen LogP contribution in [0.15, 0.2) is 53.4 Å². The third-order valence-corrected chi connectivity index (χ3v) is 5.89. The van der Waals surface area contributed by atoms with Crippen LogP contribution >= 0.6 is 0 Å². The number of hydrogen-bond donors (Lipinski definition) is 2. The molecular weight excluding hydrogens is 392 g/mol. The summed E-state index contributed by atoms with van der Waals surface area (Å²) in [5.41, 5.74) is 3.14. The van der Waals surface area contributed by atoms with E-state index in [2.05, 4.69) is 10.0 Å². The SMILES string of the molecule is CNS(=O)(=O)c1ccc(CCC(=O)OCC(=O)NCCc2ccccc2C)cc1. The Kier molecular flexibility index (Phi) is 8.35. The third-order valence-electron chi connectivity index (χ3n) is 4.46. The van der Waals surface area contributed by atoms with Gasteiger partial charge in [0.15, 0.2) is 6.61 Å². The van der Waals surface area contributed by atoms with E-state index in [1.54, 1.807) is 12.1 Å². The maximum Gasteiger partial charge on any atom is 0.306 e. The molecular formula is C21H26N2O5S. The van der Waals surface area contributed by atoms with Gasteiger partial charge < -0.3 is 10.1 Å². The van der Waals surface area contributed by atoms with Gasteiger partial charge in [0.2, 0.25) is 10.0 Å². The molecule has 0 atom stereocenters. The average molecular weight is 419 g/mol. The maximum atomic E-state index is 11.8. The molecule has 0 bridgehead atoms. The molecule has 0 heterocycles. The van der Waals surface area contributed by atoms with E-state index in [0.29, 0.717) is 19.4 Å². The molecule has 156 valence electrons. The summed E-state index contributed by atoms with van der Waals surface area (Å²) < 4.78 is 30.6. The zero-order valence-electron chi connectivity index (χ0n) is 16.6. The lowest BCUT2D eigenvalue weighted by molar-refractivity contribution is -0.148. The Balaban J connectivity index is 1.67. The van der Waals surface area contributed by atoms with E-state index in [1.807, 2.05) is 31.2 Å². The molecule has 0 saturated carbocycles. The van der Waals surface area contributed by atoms with Crippen LogP contribution in [-0.4, -0.2) is 40.5 Å². The lowest BCUT2D eigenvalue weighted by Crippen LogP contribution is -2.30. The first-order valence-electron chi connectivity index (χ1n) is 9.31. The molecule has 0 saturated heterocycles. The molecule has 0 radical (unpaired) electrons. The summed E-state index contributed by atoms with van der Waals surface area (Å²) in [5, 5.41) is 2.73. The quantitative estimate of drug-likeness (QED) is 0.572. The van der Waals surface area contributed by atoms with Gasteiger partial charge in [0.1, 0.15) is 0 Å². The Bertz CT molecular complexity index is 940. The Morgan fingerprint density at radius 1 is 1.00 bits per heavy atom. The van der Waals surface area contributed by atoms with Gasteiger partial charge in [0.25, 0.3) is 5.91 Å². The third kappa shape index (κ3) is 7.32. The molecule has 2 rings (SSSR count). The normalized spacial score (nSPS) is 11.1. The Hall–Kier alpha value is -2.71. The van der Waals surface area contributed by atoms with Crippen molar-refractivity contribution in [3.8, 4) is 0 Å². The summed E-state index contributed by atoms with van der Waals surface area (Å²) in [6.07, 6.45) is 1.22. The second kappa shape index (κ2) is 10.7. The van der Waals surface area contributed by atoms with Gasteiger partial charge in [-0.25, -0.2) is 13.1 Å². The number of rotatable bonds is 10. The number of esters is 1. The summed E-state index contributed by atoms with van der Waals surface area (Å²) >= 11 is 0. The topological polar surface area (TPSA) is 102 Å². The van der Waals surface area contributed by atoms with Crippen LogP contribution < -0.4 is 10.0 Å². The highest BCUT2D eigenvalue weighted by molar-refractivity contribution is 7.89. The molecule has 0 aliphatic heterocycles. The molecule has 0 aromatic heterocycles. The fraction of sp³-hybridized carbons (Fsp3) is 0.333. The molecule has 0 spiro atoms. The predicted octanol–water partition coefficient (Wildman–Crippen LogP) is 1.74. The van der Waals surface area contributed by atoms with Crippen LogP contribution in [0.5, 0.6) is 0 Å². The number of sulfonamides is 1. The summed E-state index contributed by atoms with van der Waals surface area (Å²) in [4.78, 5) is 23.8. The van der Waals surface area contributed by atoms with Crippen LogP contribution in [0.1, 0.15) is 23.1 Å². The maximum absolute atomic E-state index is 11.8. The van der Waals surface area contributed by atoms with Crippen LogP contribution in [0.4, 0.5) is 0 Å². The van der Waals surface area contributed by atoms with Crippen molar-refractivity contribution in [2.24, 2.45) is 0 Å². The van der Waals surface area contributed by atoms with Crippen LogP contribution in [-0.2, 0) is 37.2 Å². The molecule has 0 aliphatic rings. The predicted molar refractivity (Wildman–Crippen MR) is 110 cm³/mol. The molecule has 1 amide bonds. The molecule has 2 aromatic carbocycles. The number of amides is 1. The largest absolute Gasteiger partial charge is 0.456 e. The minimum Gasteiger partial charge on any atom is -0.456 e. The molecule has 0 fully saturated rings. The van der Waals surface area contributed by atoms with Crippen molar-refractivity contribution in [3.63, 3.8) is 0 Å². The summed E-state index contributed by atoms with van der Waals surface area (Å²) in [7, 11) is -2.13. The lowest BCUT2D eigenvalue weighted by atomic mass is 10.1. The standard InChI is InChI=1S/C21H26N2O5S/c1-16-5-3-4-6-18(16)13-14-23-20(24)15-28-21(25)12-9-17-7-10-19(11-8-17)29(26,27)22-2/h3-8,10-11,22H,9,12-15H2,1-2H3,(H,23,24). The zero-order valence-corrected chi connectivity index (χ0v) is 17.4. The first-order chi connectivity index (χ1) is 13.8. The molecule has 2 N–H and O–H groups in total. The van der Waals surface area contributed by atoms with Crippen molar-refractivity contribution >= 4 is 21.9 Å². The average Bonchev–Trinajstić information content (AvgIpc) is 2.72. The zero-order chi connectivity index (χ0) is 21.3. The van der Waals surface area contributed by atoms with Crippen LogP contribution in [0, 0.1) is 6.92 Å². The number of carbonyl (C=O) groups is 2. The molecule has 0 unspecified atom stereocenters. The van der Waals surface area contributed by atoms with E-state index < -0.39 is 16.0 Å². The Labute approximate surface area is 171 Å². The first-order valence-corrected chi connectivity index (χ1v) is 10.8. The fourth-order valence-corrected chi connectivity index (χ4v) is 3.43. The summed E-state index contributed by atoms with van der Waals surface area (Å²) in [6, 6.07) is 14.2. The number of hydrogen-bond acceptors (Lipinski definition) is 5. The summed E-state index contributed by atoms with van der Waals surface area (Å²) in [6.45, 7) is 2.18. The van der Waals surface area contributed by atoms with Gasteiger partial charge in [-0.05, 0) is 55.6 Å². The highest BCUT2D eigenvalue weighted by Gasteiger charge is 2.11. The van der Waals surface area contributed by atoms with Gasteiger partial charge in [-0.15, -0.1) is 0 Å². The van der Waals surface area contributed by atoms with Crippen molar-refractivity contribution in [3.05, 3.63) is 65.2 Å². The molecule has 29 heavy (non-hydrogen) atoms. The van der Waals surface area contributed by atoms with E-state index in [4.69, 9.17) is 4.74 Å².